The van der Waals surface area contributed by atoms with Crippen molar-refractivity contribution in [2.24, 2.45) is 0 Å². The van der Waals surface area contributed by atoms with Crippen molar-refractivity contribution >= 4 is 44.7 Å². The number of pyridine rings is 1. The number of amides is 1. The van der Waals surface area contributed by atoms with Crippen LogP contribution in [0.1, 0.15) is 26.5 Å². The lowest BCUT2D eigenvalue weighted by atomic mass is 10.2. The Morgan fingerprint density at radius 2 is 2.26 bits per heavy atom. The van der Waals surface area contributed by atoms with Crippen LogP contribution in [0.25, 0.3) is 0 Å². The molecule has 0 bridgehead atoms. The number of thiophene rings is 1. The zero-order valence-corrected chi connectivity index (χ0v) is 12.5. The molecule has 4 nitrogen and oxygen atoms in total. The molecule has 3 rings (SSSR count). The molecule has 2 aromatic rings. The highest BCUT2D eigenvalue weighted by molar-refractivity contribution is 9.10. The fourth-order valence-electron chi connectivity index (χ4n) is 2.15. The Bertz CT molecular complexity index is 632. The third kappa shape index (κ3) is 2.50. The number of rotatable bonds is 2. The van der Waals surface area contributed by atoms with E-state index in [0.29, 0.717) is 16.0 Å². The maximum atomic E-state index is 12.2. The number of carbonyl (C=O) groups excluding carboxylic acids is 1. The molecular weight excluding hydrogens is 326 g/mol. The van der Waals surface area contributed by atoms with Crippen molar-refractivity contribution in [3.05, 3.63) is 38.1 Å². The van der Waals surface area contributed by atoms with Gasteiger partial charge in [-0.3, -0.25) is 4.79 Å². The van der Waals surface area contributed by atoms with Crippen molar-refractivity contribution < 1.29 is 4.79 Å². The molecule has 0 aromatic carbocycles. The van der Waals surface area contributed by atoms with Gasteiger partial charge in [0.05, 0.1) is 21.2 Å². The minimum absolute atomic E-state index is 0.114. The maximum Gasteiger partial charge on any atom is 0.266 e. The lowest BCUT2D eigenvalue weighted by molar-refractivity contribution is 0.103. The zero-order valence-electron chi connectivity index (χ0n) is 10.1. The highest BCUT2D eigenvalue weighted by atomic mass is 79.9. The summed E-state index contributed by atoms with van der Waals surface area (Å²) in [5, 5.41) is 2.80. The van der Waals surface area contributed by atoms with Gasteiger partial charge in [0.2, 0.25) is 0 Å². The highest BCUT2D eigenvalue weighted by Gasteiger charge is 2.19. The number of anilines is 2. The summed E-state index contributed by atoms with van der Waals surface area (Å²) < 4.78 is 0.685. The molecule has 1 aliphatic carbocycles. The molecule has 0 radical (unpaired) electrons. The van der Waals surface area contributed by atoms with Crippen molar-refractivity contribution in [1.29, 1.82) is 0 Å². The van der Waals surface area contributed by atoms with Crippen LogP contribution in [0.3, 0.4) is 0 Å². The fourth-order valence-corrected chi connectivity index (χ4v) is 3.77. The summed E-state index contributed by atoms with van der Waals surface area (Å²) in [7, 11) is 0. The van der Waals surface area contributed by atoms with Gasteiger partial charge in [-0.1, -0.05) is 0 Å². The SMILES string of the molecule is Nc1cnc(NC(=O)c2cc3c(s2)CCC3)c(Br)c1. The smallest absolute Gasteiger partial charge is 0.266 e. The molecule has 2 aromatic heterocycles. The molecule has 0 saturated heterocycles. The molecule has 0 unspecified atom stereocenters. The van der Waals surface area contributed by atoms with E-state index in [2.05, 4.69) is 26.2 Å². The average Bonchev–Trinajstić information content (AvgIpc) is 2.93. The Morgan fingerprint density at radius 3 is 3.00 bits per heavy atom. The fraction of sp³-hybridized carbons (Fsp3) is 0.231. The summed E-state index contributed by atoms with van der Waals surface area (Å²) in [6.07, 6.45) is 4.91. The number of halogens is 1. The first-order chi connectivity index (χ1) is 9.13. The maximum absolute atomic E-state index is 12.2. The number of nitrogens with two attached hydrogens (primary N) is 1. The van der Waals surface area contributed by atoms with Crippen LogP contribution in [0.4, 0.5) is 11.5 Å². The number of nitrogens with one attached hydrogen (secondary N) is 1. The first-order valence-electron chi connectivity index (χ1n) is 5.97. The summed E-state index contributed by atoms with van der Waals surface area (Å²) in [5.74, 6) is 0.380. The van der Waals surface area contributed by atoms with Gasteiger partial charge in [0.15, 0.2) is 0 Å². The third-order valence-electron chi connectivity index (χ3n) is 3.06. The van der Waals surface area contributed by atoms with Crippen molar-refractivity contribution in [1.82, 2.24) is 4.98 Å². The normalized spacial score (nSPS) is 13.3. The van der Waals surface area contributed by atoms with Gasteiger partial charge in [-0.2, -0.15) is 0 Å². The van der Waals surface area contributed by atoms with Crippen molar-refractivity contribution in [3.8, 4) is 0 Å². The Kier molecular flexibility index (Phi) is 3.28. The molecule has 0 aliphatic heterocycles. The van der Waals surface area contributed by atoms with Gasteiger partial charge in [0, 0.05) is 4.88 Å². The van der Waals surface area contributed by atoms with Crippen LogP contribution < -0.4 is 11.1 Å². The summed E-state index contributed by atoms with van der Waals surface area (Å²) in [4.78, 5) is 18.4. The molecule has 0 atom stereocenters. The van der Waals surface area contributed by atoms with Gasteiger partial charge in [-0.25, -0.2) is 4.98 Å². The summed E-state index contributed by atoms with van der Waals surface area (Å²) in [6, 6.07) is 3.71. The Morgan fingerprint density at radius 1 is 1.42 bits per heavy atom. The van der Waals surface area contributed by atoms with Gasteiger partial charge < -0.3 is 11.1 Å². The number of hydrogen-bond acceptors (Lipinski definition) is 4. The van der Waals surface area contributed by atoms with E-state index in [0.717, 1.165) is 17.7 Å². The van der Waals surface area contributed by atoms with Gasteiger partial charge >= 0.3 is 0 Å². The lowest BCUT2D eigenvalue weighted by Gasteiger charge is -2.05. The van der Waals surface area contributed by atoms with Gasteiger partial charge in [0.25, 0.3) is 5.91 Å². The molecule has 0 spiro atoms. The molecule has 19 heavy (non-hydrogen) atoms. The zero-order chi connectivity index (χ0) is 13.4. The van der Waals surface area contributed by atoms with Crippen LogP contribution in [0.5, 0.6) is 0 Å². The lowest BCUT2D eigenvalue weighted by Crippen LogP contribution is -2.12. The average molecular weight is 338 g/mol. The Hall–Kier alpha value is -1.40. The molecule has 1 amide bonds. The molecule has 2 heterocycles. The first-order valence-corrected chi connectivity index (χ1v) is 7.58. The molecule has 0 saturated carbocycles. The van der Waals surface area contributed by atoms with E-state index in [9.17, 15) is 4.79 Å². The third-order valence-corrected chi connectivity index (χ3v) is 4.91. The number of carbonyl (C=O) groups is 1. The van der Waals surface area contributed by atoms with Crippen LogP contribution in [0.2, 0.25) is 0 Å². The van der Waals surface area contributed by atoms with Crippen LogP contribution in [-0.2, 0) is 12.8 Å². The minimum atomic E-state index is -0.114. The van der Waals surface area contributed by atoms with E-state index in [1.807, 2.05) is 6.07 Å². The number of fused-ring (bicyclic) bond motifs is 1. The summed E-state index contributed by atoms with van der Waals surface area (Å²) in [6.45, 7) is 0. The number of hydrogen-bond donors (Lipinski definition) is 2. The van der Waals surface area contributed by atoms with E-state index >= 15 is 0 Å². The summed E-state index contributed by atoms with van der Waals surface area (Å²) >= 11 is 4.92. The van der Waals surface area contributed by atoms with E-state index in [1.165, 1.54) is 23.1 Å². The second-order valence-corrected chi connectivity index (χ2v) is 6.46. The number of aryl methyl sites for hydroxylation is 2. The minimum Gasteiger partial charge on any atom is -0.397 e. The van der Waals surface area contributed by atoms with Crippen LogP contribution >= 0.6 is 27.3 Å². The first kappa shape index (κ1) is 12.6. The van der Waals surface area contributed by atoms with E-state index in [1.54, 1.807) is 17.4 Å². The number of aromatic nitrogens is 1. The molecule has 6 heteroatoms. The number of nitrogens with zero attached hydrogens (tertiary/aromatic N) is 1. The van der Waals surface area contributed by atoms with Gasteiger partial charge in [-0.05, 0) is 52.9 Å². The predicted molar refractivity (Wildman–Crippen MR) is 80.6 cm³/mol. The second-order valence-electron chi connectivity index (χ2n) is 4.47. The Labute approximate surface area is 123 Å². The molecule has 0 fully saturated rings. The van der Waals surface area contributed by atoms with Crippen LogP contribution in [0, 0.1) is 0 Å². The van der Waals surface area contributed by atoms with Crippen molar-refractivity contribution in [2.75, 3.05) is 11.1 Å². The molecule has 98 valence electrons. The van der Waals surface area contributed by atoms with E-state index in [4.69, 9.17) is 5.73 Å². The summed E-state index contributed by atoms with van der Waals surface area (Å²) in [5.41, 5.74) is 7.49. The monoisotopic (exact) mass is 337 g/mol. The van der Waals surface area contributed by atoms with Crippen LogP contribution in [-0.4, -0.2) is 10.9 Å². The quantitative estimate of drug-likeness (QED) is 0.883. The predicted octanol–water partition coefficient (Wildman–Crippen LogP) is 3.23. The van der Waals surface area contributed by atoms with Crippen molar-refractivity contribution in [3.63, 3.8) is 0 Å². The second kappa shape index (κ2) is 4.94. The largest absolute Gasteiger partial charge is 0.397 e. The molecule has 3 N–H and O–H groups in total. The van der Waals surface area contributed by atoms with E-state index < -0.39 is 0 Å². The number of nitrogen functional groups attached to an aromatic ring is 1. The highest BCUT2D eigenvalue weighted by Crippen LogP contribution is 2.31. The Balaban J connectivity index is 1.80. The van der Waals surface area contributed by atoms with Gasteiger partial charge in [-0.15, -0.1) is 11.3 Å². The molecular formula is C13H12BrN3OS. The molecule has 1 aliphatic rings. The van der Waals surface area contributed by atoms with Crippen LogP contribution in [0.15, 0.2) is 22.8 Å². The van der Waals surface area contributed by atoms with Gasteiger partial charge in [0.1, 0.15) is 5.82 Å². The van der Waals surface area contributed by atoms with Crippen molar-refractivity contribution in [2.45, 2.75) is 19.3 Å². The standard InChI is InChI=1S/C13H12BrN3OS/c14-9-5-8(15)6-16-12(9)17-13(18)11-4-7-2-1-3-10(7)19-11/h4-6H,1-3,15H2,(H,16,17,18). The topological polar surface area (TPSA) is 68.0 Å². The van der Waals surface area contributed by atoms with E-state index in [-0.39, 0.29) is 5.91 Å².